The molecule has 1 fully saturated rings. The fraction of sp³-hybridized carbons (Fsp3) is 0.979. The predicted molar refractivity (Wildman–Crippen MR) is 233 cm³/mol. The second-order valence-electron chi connectivity index (χ2n) is 17.3. The molecule has 6 unspecified atom stereocenters. The molecule has 0 aromatic carbocycles. The number of carbonyl (C=O) groups excluding carboxylic acids is 1. The lowest BCUT2D eigenvalue weighted by molar-refractivity contribution is -0.305. The maximum Gasteiger partial charge on any atom is 0.306 e. The summed E-state index contributed by atoms with van der Waals surface area (Å²) >= 11 is 0. The van der Waals surface area contributed by atoms with Crippen LogP contribution in [-0.2, 0) is 23.7 Å². The standard InChI is InChI=1S/C48H94O9/c1-3-5-7-9-11-13-15-16-17-18-19-20-21-22-23-24-25-26-27-28-30-32-34-36-38-54-40-42(41-55-48-47(53)46(52)45(51)43(39-49)57-48)56-44(50)37-35-33-31-29-14-12-10-8-6-4-2/h42-43,45-49,51-53H,3-41H2,1-2H3. The molecule has 1 aliphatic rings. The third kappa shape index (κ3) is 31.7. The highest BCUT2D eigenvalue weighted by Gasteiger charge is 2.44. The monoisotopic (exact) mass is 815 g/mol. The molecule has 1 heterocycles. The summed E-state index contributed by atoms with van der Waals surface area (Å²) in [6.45, 7) is 4.60. The Morgan fingerprint density at radius 2 is 0.860 bits per heavy atom. The highest BCUT2D eigenvalue weighted by atomic mass is 16.7. The van der Waals surface area contributed by atoms with E-state index in [2.05, 4.69) is 13.8 Å². The molecule has 0 aliphatic carbocycles. The van der Waals surface area contributed by atoms with Crippen molar-refractivity contribution in [3.8, 4) is 0 Å². The Hall–Kier alpha value is -0.810. The molecular formula is C48H94O9. The van der Waals surface area contributed by atoms with Crippen molar-refractivity contribution in [1.82, 2.24) is 0 Å². The Bertz CT molecular complexity index is 843. The Balaban J connectivity index is 2.12. The first-order valence-electron chi connectivity index (χ1n) is 24.6. The zero-order chi connectivity index (χ0) is 41.4. The van der Waals surface area contributed by atoms with E-state index in [0.717, 1.165) is 32.1 Å². The SMILES string of the molecule is CCCCCCCCCCCCCCCCCCCCCCCCCCOCC(COC1OC(CO)C(O)C(O)C1O)OC(=O)CCCCCCCCCCCC. The maximum atomic E-state index is 12.7. The van der Waals surface area contributed by atoms with Gasteiger partial charge in [0.25, 0.3) is 0 Å². The van der Waals surface area contributed by atoms with Crippen LogP contribution in [-0.4, -0.2) is 89.6 Å². The van der Waals surface area contributed by atoms with Crippen LogP contribution in [0.3, 0.4) is 0 Å². The van der Waals surface area contributed by atoms with Gasteiger partial charge in [-0.05, 0) is 12.8 Å². The van der Waals surface area contributed by atoms with Gasteiger partial charge in [0.1, 0.15) is 30.5 Å². The first-order valence-corrected chi connectivity index (χ1v) is 24.6. The van der Waals surface area contributed by atoms with E-state index in [-0.39, 0.29) is 19.2 Å². The van der Waals surface area contributed by atoms with E-state index in [4.69, 9.17) is 18.9 Å². The van der Waals surface area contributed by atoms with Crippen molar-refractivity contribution in [2.75, 3.05) is 26.4 Å². The Kier molecular flexibility index (Phi) is 38.6. The zero-order valence-corrected chi connectivity index (χ0v) is 37.4. The van der Waals surface area contributed by atoms with Gasteiger partial charge in [-0.3, -0.25) is 4.79 Å². The second kappa shape index (κ2) is 40.6. The molecule has 1 rings (SSSR count). The van der Waals surface area contributed by atoms with Crippen molar-refractivity contribution in [2.45, 2.75) is 275 Å². The molecular weight excluding hydrogens is 721 g/mol. The number of hydrogen-bond acceptors (Lipinski definition) is 9. The van der Waals surface area contributed by atoms with Gasteiger partial charge in [-0.2, -0.15) is 0 Å². The van der Waals surface area contributed by atoms with Gasteiger partial charge in [-0.25, -0.2) is 0 Å². The average molecular weight is 815 g/mol. The number of aliphatic hydroxyl groups excluding tert-OH is 4. The fourth-order valence-corrected chi connectivity index (χ4v) is 7.91. The summed E-state index contributed by atoms with van der Waals surface area (Å²) in [4.78, 5) is 12.7. The number of rotatable bonds is 43. The van der Waals surface area contributed by atoms with Gasteiger partial charge in [0, 0.05) is 13.0 Å². The van der Waals surface area contributed by atoms with E-state index in [1.807, 2.05) is 0 Å². The van der Waals surface area contributed by atoms with Crippen molar-refractivity contribution >= 4 is 5.97 Å². The van der Waals surface area contributed by atoms with Gasteiger partial charge in [-0.1, -0.05) is 219 Å². The highest BCUT2D eigenvalue weighted by molar-refractivity contribution is 5.69. The van der Waals surface area contributed by atoms with E-state index in [1.54, 1.807) is 0 Å². The molecule has 0 aromatic heterocycles. The molecule has 9 heteroatoms. The van der Waals surface area contributed by atoms with Crippen LogP contribution in [0.15, 0.2) is 0 Å². The quantitative estimate of drug-likeness (QED) is 0.0350. The molecule has 57 heavy (non-hydrogen) atoms. The Morgan fingerprint density at radius 3 is 1.25 bits per heavy atom. The Morgan fingerprint density at radius 1 is 0.491 bits per heavy atom. The minimum absolute atomic E-state index is 0.105. The molecule has 0 aromatic rings. The third-order valence-corrected chi connectivity index (χ3v) is 11.8. The van der Waals surface area contributed by atoms with Crippen LogP contribution in [0, 0.1) is 0 Å². The zero-order valence-electron chi connectivity index (χ0n) is 37.4. The lowest BCUT2D eigenvalue weighted by Crippen LogP contribution is -2.59. The fourth-order valence-electron chi connectivity index (χ4n) is 7.91. The smallest absolute Gasteiger partial charge is 0.306 e. The van der Waals surface area contributed by atoms with Crippen LogP contribution in [0.4, 0.5) is 0 Å². The molecule has 0 amide bonds. The minimum atomic E-state index is -1.53. The summed E-state index contributed by atoms with van der Waals surface area (Å²) in [5.41, 5.74) is 0. The van der Waals surface area contributed by atoms with Gasteiger partial charge in [0.15, 0.2) is 6.29 Å². The number of carbonyl (C=O) groups is 1. The number of hydrogen-bond donors (Lipinski definition) is 4. The van der Waals surface area contributed by atoms with Crippen LogP contribution in [0.2, 0.25) is 0 Å². The van der Waals surface area contributed by atoms with Crippen LogP contribution >= 0.6 is 0 Å². The normalized spacial score (nSPS) is 20.3. The average Bonchev–Trinajstić information content (AvgIpc) is 3.21. The van der Waals surface area contributed by atoms with Crippen molar-refractivity contribution in [1.29, 1.82) is 0 Å². The van der Waals surface area contributed by atoms with Gasteiger partial charge < -0.3 is 39.4 Å². The molecule has 0 bridgehead atoms. The molecule has 4 N–H and O–H groups in total. The first-order chi connectivity index (χ1) is 27.9. The number of esters is 1. The molecule has 9 nitrogen and oxygen atoms in total. The summed E-state index contributed by atoms with van der Waals surface area (Å²) < 4.78 is 22.8. The van der Waals surface area contributed by atoms with Crippen molar-refractivity contribution in [3.63, 3.8) is 0 Å². The lowest BCUT2D eigenvalue weighted by Gasteiger charge is -2.39. The molecule has 1 saturated heterocycles. The van der Waals surface area contributed by atoms with Gasteiger partial charge in [0.05, 0.1) is 19.8 Å². The summed E-state index contributed by atoms with van der Waals surface area (Å²) in [6.07, 6.45) is 37.2. The highest BCUT2D eigenvalue weighted by Crippen LogP contribution is 2.23. The molecule has 0 radical (unpaired) electrons. The van der Waals surface area contributed by atoms with E-state index in [1.165, 1.54) is 186 Å². The number of unbranched alkanes of at least 4 members (excludes halogenated alkanes) is 32. The second-order valence-corrected chi connectivity index (χ2v) is 17.3. The van der Waals surface area contributed by atoms with E-state index in [9.17, 15) is 25.2 Å². The first kappa shape index (κ1) is 54.2. The maximum absolute atomic E-state index is 12.7. The van der Waals surface area contributed by atoms with E-state index < -0.39 is 43.4 Å². The molecule has 6 atom stereocenters. The lowest BCUT2D eigenvalue weighted by atomic mass is 9.99. The topological polar surface area (TPSA) is 135 Å². The van der Waals surface area contributed by atoms with Crippen LogP contribution in [0.5, 0.6) is 0 Å². The molecule has 1 aliphatic heterocycles. The third-order valence-electron chi connectivity index (χ3n) is 11.8. The van der Waals surface area contributed by atoms with E-state index >= 15 is 0 Å². The Labute approximate surface area is 351 Å². The molecule has 0 spiro atoms. The predicted octanol–water partition coefficient (Wildman–Crippen LogP) is 11.4. The van der Waals surface area contributed by atoms with Gasteiger partial charge in [0.2, 0.25) is 0 Å². The van der Waals surface area contributed by atoms with Crippen LogP contribution in [0.1, 0.15) is 239 Å². The molecule has 340 valence electrons. The summed E-state index contributed by atoms with van der Waals surface area (Å²) in [7, 11) is 0. The summed E-state index contributed by atoms with van der Waals surface area (Å²) in [6, 6.07) is 0. The number of ether oxygens (including phenoxy) is 4. The van der Waals surface area contributed by atoms with E-state index in [0.29, 0.717) is 13.0 Å². The molecule has 0 saturated carbocycles. The van der Waals surface area contributed by atoms with Crippen LogP contribution < -0.4 is 0 Å². The van der Waals surface area contributed by atoms with Crippen molar-refractivity contribution in [2.24, 2.45) is 0 Å². The summed E-state index contributed by atoms with van der Waals surface area (Å²) in [5.74, 6) is -0.310. The summed E-state index contributed by atoms with van der Waals surface area (Å²) in [5, 5.41) is 40.1. The van der Waals surface area contributed by atoms with Crippen molar-refractivity contribution in [3.05, 3.63) is 0 Å². The van der Waals surface area contributed by atoms with Gasteiger partial charge in [-0.15, -0.1) is 0 Å². The largest absolute Gasteiger partial charge is 0.457 e. The minimum Gasteiger partial charge on any atom is -0.457 e. The van der Waals surface area contributed by atoms with Crippen LogP contribution in [0.25, 0.3) is 0 Å². The van der Waals surface area contributed by atoms with Crippen molar-refractivity contribution < 1.29 is 44.2 Å². The van der Waals surface area contributed by atoms with Gasteiger partial charge >= 0.3 is 5.97 Å². The number of aliphatic hydroxyl groups is 4.